The van der Waals surface area contributed by atoms with Crippen molar-refractivity contribution >= 4 is 17.6 Å². The molecule has 0 heterocycles. The topological polar surface area (TPSA) is 75.6 Å². The Kier molecular flexibility index (Phi) is 3.76. The molecule has 0 saturated heterocycles. The van der Waals surface area contributed by atoms with Gasteiger partial charge in [0.15, 0.2) is 0 Å². The summed E-state index contributed by atoms with van der Waals surface area (Å²) in [6.07, 6.45) is 0. The van der Waals surface area contributed by atoms with Crippen LogP contribution in [0, 0.1) is 0 Å². The van der Waals surface area contributed by atoms with E-state index in [1.165, 1.54) is 24.3 Å². The van der Waals surface area contributed by atoms with Crippen LogP contribution in [0.15, 0.2) is 24.3 Å². The second kappa shape index (κ2) is 5.06. The Labute approximate surface area is 88.6 Å². The van der Waals surface area contributed by atoms with Crippen LogP contribution in [0.1, 0.15) is 0 Å². The van der Waals surface area contributed by atoms with Crippen LogP contribution in [-0.4, -0.2) is 23.6 Å². The molecule has 1 aromatic carbocycles. The number of carboxylic acids is 1. The van der Waals surface area contributed by atoms with Crippen LogP contribution in [-0.2, 0) is 9.59 Å². The number of benzene rings is 1. The highest BCUT2D eigenvalue weighted by Crippen LogP contribution is 2.25. The molecule has 86 valence electrons. The van der Waals surface area contributed by atoms with Gasteiger partial charge in [-0.25, -0.2) is 4.79 Å². The number of aliphatic carboxylic acids is 1. The summed E-state index contributed by atoms with van der Waals surface area (Å²) in [5.41, 5.74) is -0.129. The van der Waals surface area contributed by atoms with Gasteiger partial charge in [0.1, 0.15) is 5.75 Å². The van der Waals surface area contributed by atoms with E-state index in [2.05, 4.69) is 4.74 Å². The van der Waals surface area contributed by atoms with Gasteiger partial charge in [0.25, 0.3) is 0 Å². The van der Waals surface area contributed by atoms with Gasteiger partial charge in [0.05, 0.1) is 5.69 Å². The van der Waals surface area contributed by atoms with E-state index >= 15 is 0 Å². The Balaban J connectivity index is 2.86. The molecule has 0 aliphatic heterocycles. The quantitative estimate of drug-likeness (QED) is 0.769. The second-order valence-electron chi connectivity index (χ2n) is 2.63. The number of halogens is 2. The summed E-state index contributed by atoms with van der Waals surface area (Å²) in [4.78, 5) is 21.0. The van der Waals surface area contributed by atoms with E-state index < -0.39 is 18.5 Å². The second-order valence-corrected chi connectivity index (χ2v) is 2.63. The first-order chi connectivity index (χ1) is 7.50. The molecule has 0 bridgehead atoms. The fourth-order valence-electron chi connectivity index (χ4n) is 0.944. The van der Waals surface area contributed by atoms with Crippen molar-refractivity contribution < 1.29 is 28.2 Å². The largest absolute Gasteiger partial charge is 0.474 e. The summed E-state index contributed by atoms with van der Waals surface area (Å²) < 4.78 is 28.0. The number of rotatable bonds is 3. The fourth-order valence-corrected chi connectivity index (χ4v) is 0.944. The lowest BCUT2D eigenvalue weighted by atomic mass is 10.3. The lowest BCUT2D eigenvalue weighted by Crippen LogP contribution is -2.22. The summed E-state index contributed by atoms with van der Waals surface area (Å²) in [5.74, 6) is -3.34. The van der Waals surface area contributed by atoms with Crippen LogP contribution < -0.4 is 10.1 Å². The van der Waals surface area contributed by atoms with E-state index in [0.717, 1.165) is 0 Å². The van der Waals surface area contributed by atoms with E-state index in [0.29, 0.717) is 0 Å². The van der Waals surface area contributed by atoms with Gasteiger partial charge in [0, 0.05) is 0 Å². The number of ether oxygens (including phenoxy) is 1. The van der Waals surface area contributed by atoms with Gasteiger partial charge in [-0.2, -0.15) is 8.78 Å². The maximum absolute atomic E-state index is 11.9. The van der Waals surface area contributed by atoms with Crippen LogP contribution in [0.25, 0.3) is 0 Å². The molecule has 0 atom stereocenters. The van der Waals surface area contributed by atoms with Gasteiger partial charge in [-0.3, -0.25) is 4.79 Å². The van der Waals surface area contributed by atoms with Crippen molar-refractivity contribution in [2.24, 2.45) is 0 Å². The maximum atomic E-state index is 11.9. The third-order valence-electron chi connectivity index (χ3n) is 1.55. The van der Waals surface area contributed by atoms with Crippen molar-refractivity contribution in [1.82, 2.24) is 0 Å². The van der Waals surface area contributed by atoms with Crippen LogP contribution in [0.3, 0.4) is 0 Å². The van der Waals surface area contributed by atoms with Crippen molar-refractivity contribution in [1.29, 1.82) is 0 Å². The molecular formula is C9H7F2NO4. The van der Waals surface area contributed by atoms with Crippen molar-refractivity contribution in [3.05, 3.63) is 24.3 Å². The molecule has 1 aromatic rings. The Morgan fingerprint density at radius 2 is 1.94 bits per heavy atom. The highest BCUT2D eigenvalue weighted by Gasteiger charge is 2.15. The number of alkyl halides is 2. The average Bonchev–Trinajstić information content (AvgIpc) is 2.20. The Hall–Kier alpha value is -2.18. The lowest BCUT2D eigenvalue weighted by molar-refractivity contribution is -0.147. The molecule has 5 nitrogen and oxygen atoms in total. The van der Waals surface area contributed by atoms with Crippen LogP contribution in [0.5, 0.6) is 5.75 Å². The summed E-state index contributed by atoms with van der Waals surface area (Å²) in [6, 6.07) is 5.28. The fraction of sp³-hybridized carbons (Fsp3) is 0.111. The lowest BCUT2D eigenvalue weighted by Gasteiger charge is -2.09. The first-order valence-corrected chi connectivity index (χ1v) is 4.09. The van der Waals surface area contributed by atoms with Gasteiger partial charge in [-0.1, -0.05) is 12.1 Å². The van der Waals surface area contributed by atoms with Gasteiger partial charge >= 0.3 is 18.5 Å². The minimum absolute atomic E-state index is 0.129. The Bertz CT molecular complexity index is 408. The smallest absolute Gasteiger partial charge is 0.394 e. The zero-order valence-electron chi connectivity index (χ0n) is 7.81. The molecule has 0 saturated carbocycles. The predicted molar refractivity (Wildman–Crippen MR) is 49.3 cm³/mol. The maximum Gasteiger partial charge on any atom is 0.394 e. The van der Waals surface area contributed by atoms with E-state index in [9.17, 15) is 18.4 Å². The molecule has 1 amide bonds. The third-order valence-corrected chi connectivity index (χ3v) is 1.55. The summed E-state index contributed by atoms with van der Waals surface area (Å²) in [6.45, 7) is -3.05. The summed E-state index contributed by atoms with van der Waals surface area (Å²) in [5, 5.41) is 10.2. The molecule has 0 spiro atoms. The monoisotopic (exact) mass is 231 g/mol. The van der Waals surface area contributed by atoms with Crippen molar-refractivity contribution in [2.75, 3.05) is 5.32 Å². The average molecular weight is 231 g/mol. The number of anilines is 1. The molecule has 1 rings (SSSR count). The van der Waals surface area contributed by atoms with Crippen molar-refractivity contribution in [2.45, 2.75) is 6.61 Å². The van der Waals surface area contributed by atoms with Gasteiger partial charge in [0.2, 0.25) is 0 Å². The van der Waals surface area contributed by atoms with Gasteiger partial charge in [-0.05, 0) is 12.1 Å². The molecule has 0 aliphatic rings. The number of carbonyl (C=O) groups excluding carboxylic acids is 1. The molecule has 16 heavy (non-hydrogen) atoms. The predicted octanol–water partition coefficient (Wildman–Crippen LogP) is 1.31. The standard InChI is InChI=1S/C9H7F2NO4/c10-9(11)16-6-4-2-1-3-5(6)12-7(13)8(14)15/h1-4,9H,(H,12,13)(H,14,15). The number of carboxylic acid groups (broad SMARTS) is 1. The normalized spacial score (nSPS) is 9.94. The highest BCUT2D eigenvalue weighted by atomic mass is 19.3. The SMILES string of the molecule is O=C(O)C(=O)Nc1ccccc1OC(F)F. The molecular weight excluding hydrogens is 224 g/mol. The van der Waals surface area contributed by atoms with E-state index in [4.69, 9.17) is 5.11 Å². The number of nitrogens with one attached hydrogen (secondary N) is 1. The first-order valence-electron chi connectivity index (χ1n) is 4.09. The van der Waals surface area contributed by atoms with Crippen LogP contribution in [0.4, 0.5) is 14.5 Å². The Morgan fingerprint density at radius 3 is 2.50 bits per heavy atom. The number of carbonyl (C=O) groups is 2. The highest BCUT2D eigenvalue weighted by molar-refractivity contribution is 6.36. The van der Waals surface area contributed by atoms with Gasteiger partial charge in [-0.15, -0.1) is 0 Å². The molecule has 0 aromatic heterocycles. The summed E-state index contributed by atoms with van der Waals surface area (Å²) in [7, 11) is 0. The first kappa shape index (κ1) is 11.9. The van der Waals surface area contributed by atoms with Gasteiger partial charge < -0.3 is 15.2 Å². The molecule has 0 radical (unpaired) electrons. The van der Waals surface area contributed by atoms with E-state index in [1.807, 2.05) is 5.32 Å². The minimum atomic E-state index is -3.05. The third kappa shape index (κ3) is 3.19. The number of hydrogen-bond acceptors (Lipinski definition) is 3. The van der Waals surface area contributed by atoms with Crippen molar-refractivity contribution in [3.63, 3.8) is 0 Å². The van der Waals surface area contributed by atoms with Crippen LogP contribution in [0.2, 0.25) is 0 Å². The van der Waals surface area contributed by atoms with E-state index in [1.54, 1.807) is 0 Å². The van der Waals surface area contributed by atoms with E-state index in [-0.39, 0.29) is 11.4 Å². The molecule has 7 heteroatoms. The molecule has 0 aliphatic carbocycles. The number of amides is 1. The molecule has 2 N–H and O–H groups in total. The molecule has 0 fully saturated rings. The Morgan fingerprint density at radius 1 is 1.31 bits per heavy atom. The van der Waals surface area contributed by atoms with Crippen LogP contribution >= 0.6 is 0 Å². The number of hydrogen-bond donors (Lipinski definition) is 2. The summed E-state index contributed by atoms with van der Waals surface area (Å²) >= 11 is 0. The minimum Gasteiger partial charge on any atom is -0.474 e. The zero-order chi connectivity index (χ0) is 12.1. The number of para-hydroxylation sites is 2. The molecule has 0 unspecified atom stereocenters. The zero-order valence-corrected chi connectivity index (χ0v) is 7.81. The van der Waals surface area contributed by atoms with Crippen molar-refractivity contribution in [3.8, 4) is 5.75 Å².